The number of hydrogen-bond donors (Lipinski definition) is 0. The van der Waals surface area contributed by atoms with Gasteiger partial charge in [0, 0.05) is 17.1 Å². The summed E-state index contributed by atoms with van der Waals surface area (Å²) in [6, 6.07) is 39.1. The molecule has 5 aromatic rings. The molecular weight excluding hydrogens is 398 g/mol. The molecule has 0 bridgehead atoms. The van der Waals surface area contributed by atoms with Crippen molar-refractivity contribution in [2.75, 3.05) is 0 Å². The standard InChI is InChI=1S/C32H29N/c1-3-10-25(11-4-1)12-5-2-6-13-26-18-20-27(21-19-26)28-16-9-17-30(22-28)32-23-29-14-7-8-15-31(29)24-33-32/h1,3-4,7-11,14-24H,2,5-6,12-13H2. The molecule has 4 aromatic carbocycles. The summed E-state index contributed by atoms with van der Waals surface area (Å²) in [4.78, 5) is 4.69. The second kappa shape index (κ2) is 10.3. The van der Waals surface area contributed by atoms with E-state index in [2.05, 4.69) is 109 Å². The zero-order chi connectivity index (χ0) is 22.3. The third kappa shape index (κ3) is 5.38. The molecule has 1 aromatic heterocycles. The molecule has 33 heavy (non-hydrogen) atoms. The molecule has 0 aliphatic carbocycles. The average molecular weight is 428 g/mol. The van der Waals surface area contributed by atoms with Crippen molar-refractivity contribution in [3.05, 3.63) is 127 Å². The largest absolute Gasteiger partial charge is 0.256 e. The Labute approximate surface area is 196 Å². The topological polar surface area (TPSA) is 12.9 Å². The molecule has 0 unspecified atom stereocenters. The van der Waals surface area contributed by atoms with Gasteiger partial charge in [-0.2, -0.15) is 0 Å². The summed E-state index contributed by atoms with van der Waals surface area (Å²) < 4.78 is 0. The molecule has 0 N–H and O–H groups in total. The van der Waals surface area contributed by atoms with Gasteiger partial charge in [-0.05, 0) is 65.5 Å². The van der Waals surface area contributed by atoms with E-state index in [-0.39, 0.29) is 0 Å². The lowest BCUT2D eigenvalue weighted by Gasteiger charge is -2.08. The number of nitrogens with zero attached hydrogens (tertiary/aromatic N) is 1. The molecule has 0 spiro atoms. The van der Waals surface area contributed by atoms with Crippen LogP contribution in [0.4, 0.5) is 0 Å². The first-order chi connectivity index (χ1) is 16.3. The molecule has 0 saturated heterocycles. The number of hydrogen-bond acceptors (Lipinski definition) is 1. The lowest BCUT2D eigenvalue weighted by molar-refractivity contribution is 0.678. The summed E-state index contributed by atoms with van der Waals surface area (Å²) in [5.74, 6) is 0. The second-order valence-corrected chi connectivity index (χ2v) is 8.74. The van der Waals surface area contributed by atoms with Gasteiger partial charge in [0.25, 0.3) is 0 Å². The van der Waals surface area contributed by atoms with Crippen LogP contribution >= 0.6 is 0 Å². The van der Waals surface area contributed by atoms with Gasteiger partial charge >= 0.3 is 0 Å². The fourth-order valence-corrected chi connectivity index (χ4v) is 4.44. The zero-order valence-electron chi connectivity index (χ0n) is 19.0. The molecule has 0 aliphatic rings. The maximum absolute atomic E-state index is 4.69. The first kappa shape index (κ1) is 21.2. The van der Waals surface area contributed by atoms with E-state index in [9.17, 15) is 0 Å². The number of fused-ring (bicyclic) bond motifs is 1. The van der Waals surface area contributed by atoms with Crippen LogP contribution < -0.4 is 0 Å². The van der Waals surface area contributed by atoms with E-state index in [1.54, 1.807) is 0 Å². The molecule has 0 amide bonds. The van der Waals surface area contributed by atoms with Gasteiger partial charge < -0.3 is 0 Å². The van der Waals surface area contributed by atoms with Gasteiger partial charge in [-0.15, -0.1) is 0 Å². The molecular formula is C32H29N. The smallest absolute Gasteiger partial charge is 0.0708 e. The molecule has 0 atom stereocenters. The zero-order valence-corrected chi connectivity index (χ0v) is 19.0. The summed E-state index contributed by atoms with van der Waals surface area (Å²) in [5, 5.41) is 2.40. The van der Waals surface area contributed by atoms with Crippen molar-refractivity contribution in [3.8, 4) is 22.4 Å². The minimum absolute atomic E-state index is 1.02. The van der Waals surface area contributed by atoms with Crippen molar-refractivity contribution >= 4 is 10.8 Å². The number of pyridine rings is 1. The van der Waals surface area contributed by atoms with Gasteiger partial charge in [-0.25, -0.2) is 0 Å². The maximum atomic E-state index is 4.69. The highest BCUT2D eigenvalue weighted by Crippen LogP contribution is 2.27. The monoisotopic (exact) mass is 427 g/mol. The van der Waals surface area contributed by atoms with Crippen LogP contribution in [0.15, 0.2) is 115 Å². The Morgan fingerprint density at radius 3 is 1.91 bits per heavy atom. The molecule has 0 aliphatic heterocycles. The quantitative estimate of drug-likeness (QED) is 0.226. The van der Waals surface area contributed by atoms with Crippen molar-refractivity contribution in [3.63, 3.8) is 0 Å². The highest BCUT2D eigenvalue weighted by Gasteiger charge is 2.05. The van der Waals surface area contributed by atoms with Gasteiger partial charge in [0.15, 0.2) is 0 Å². The molecule has 1 heterocycles. The minimum Gasteiger partial charge on any atom is -0.256 e. The normalized spacial score (nSPS) is 11.0. The fourth-order valence-electron chi connectivity index (χ4n) is 4.44. The van der Waals surface area contributed by atoms with Crippen LogP contribution in [-0.4, -0.2) is 4.98 Å². The first-order valence-electron chi connectivity index (χ1n) is 11.9. The summed E-state index contributed by atoms with van der Waals surface area (Å²) in [6.45, 7) is 0. The molecule has 1 nitrogen and oxygen atoms in total. The van der Waals surface area contributed by atoms with Gasteiger partial charge in [-0.3, -0.25) is 4.98 Å². The van der Waals surface area contributed by atoms with Gasteiger partial charge in [0.05, 0.1) is 5.69 Å². The second-order valence-electron chi connectivity index (χ2n) is 8.74. The minimum atomic E-state index is 1.02. The van der Waals surface area contributed by atoms with Crippen LogP contribution in [0.2, 0.25) is 0 Å². The van der Waals surface area contributed by atoms with E-state index in [0.717, 1.165) is 17.7 Å². The fraction of sp³-hybridized carbons (Fsp3) is 0.156. The maximum Gasteiger partial charge on any atom is 0.0708 e. The number of rotatable bonds is 8. The van der Waals surface area contributed by atoms with Crippen LogP contribution in [0.5, 0.6) is 0 Å². The highest BCUT2D eigenvalue weighted by molar-refractivity contribution is 5.85. The molecule has 1 heteroatoms. The molecule has 0 radical (unpaired) electrons. The SMILES string of the molecule is c1ccc(CCCCCc2ccc(-c3cccc(-c4cc5ccccc5cn4)c3)cc2)cc1. The number of unbranched alkanes of at least 4 members (excludes halogenated alkanes) is 2. The van der Waals surface area contributed by atoms with E-state index in [1.807, 2.05) is 6.20 Å². The van der Waals surface area contributed by atoms with E-state index in [1.165, 1.54) is 58.7 Å². The Morgan fingerprint density at radius 1 is 0.455 bits per heavy atom. The van der Waals surface area contributed by atoms with Gasteiger partial charge in [-0.1, -0.05) is 103 Å². The van der Waals surface area contributed by atoms with Crippen LogP contribution in [0.25, 0.3) is 33.2 Å². The van der Waals surface area contributed by atoms with E-state index >= 15 is 0 Å². The lowest BCUT2D eigenvalue weighted by Crippen LogP contribution is -1.89. The molecule has 162 valence electrons. The number of benzene rings is 4. The molecule has 0 fully saturated rings. The van der Waals surface area contributed by atoms with E-state index in [0.29, 0.717) is 0 Å². The third-order valence-electron chi connectivity index (χ3n) is 6.35. The van der Waals surface area contributed by atoms with E-state index < -0.39 is 0 Å². The lowest BCUT2D eigenvalue weighted by atomic mass is 9.98. The van der Waals surface area contributed by atoms with Crippen LogP contribution in [0.1, 0.15) is 30.4 Å². The predicted molar refractivity (Wildman–Crippen MR) is 140 cm³/mol. The van der Waals surface area contributed by atoms with Crippen molar-refractivity contribution in [1.82, 2.24) is 4.98 Å². The average Bonchev–Trinajstić information content (AvgIpc) is 2.89. The van der Waals surface area contributed by atoms with Crippen molar-refractivity contribution < 1.29 is 0 Å². The van der Waals surface area contributed by atoms with Crippen molar-refractivity contribution in [1.29, 1.82) is 0 Å². The first-order valence-corrected chi connectivity index (χ1v) is 11.9. The Bertz CT molecular complexity index is 1320. The Kier molecular flexibility index (Phi) is 6.58. The summed E-state index contributed by atoms with van der Waals surface area (Å²) >= 11 is 0. The molecule has 5 rings (SSSR count). The van der Waals surface area contributed by atoms with E-state index in [4.69, 9.17) is 4.98 Å². The van der Waals surface area contributed by atoms with Crippen LogP contribution in [-0.2, 0) is 12.8 Å². The van der Waals surface area contributed by atoms with Crippen LogP contribution in [0.3, 0.4) is 0 Å². The van der Waals surface area contributed by atoms with Gasteiger partial charge in [0.1, 0.15) is 0 Å². The Morgan fingerprint density at radius 2 is 1.12 bits per heavy atom. The Balaban J connectivity index is 1.21. The predicted octanol–water partition coefficient (Wildman–Crippen LogP) is 8.52. The number of aromatic nitrogens is 1. The number of aryl methyl sites for hydroxylation is 2. The van der Waals surface area contributed by atoms with Gasteiger partial charge in [0.2, 0.25) is 0 Å². The summed E-state index contributed by atoms with van der Waals surface area (Å²) in [6.07, 6.45) is 8.08. The molecule has 0 saturated carbocycles. The highest BCUT2D eigenvalue weighted by atomic mass is 14.7. The summed E-state index contributed by atoms with van der Waals surface area (Å²) in [7, 11) is 0. The third-order valence-corrected chi connectivity index (χ3v) is 6.35. The van der Waals surface area contributed by atoms with Crippen molar-refractivity contribution in [2.45, 2.75) is 32.1 Å². The Hall–Kier alpha value is -3.71. The van der Waals surface area contributed by atoms with Crippen LogP contribution in [0, 0.1) is 0 Å². The van der Waals surface area contributed by atoms with Crippen molar-refractivity contribution in [2.24, 2.45) is 0 Å². The summed E-state index contributed by atoms with van der Waals surface area (Å²) in [5.41, 5.74) is 7.53.